The van der Waals surface area contributed by atoms with E-state index < -0.39 is 0 Å². The van der Waals surface area contributed by atoms with Crippen molar-refractivity contribution in [2.75, 3.05) is 0 Å². The highest BCUT2D eigenvalue weighted by Crippen LogP contribution is 2.26. The van der Waals surface area contributed by atoms with E-state index in [-0.39, 0.29) is 5.41 Å². The number of carbonyl (C=O) groups excluding carboxylic acids is 1. The summed E-state index contributed by atoms with van der Waals surface area (Å²) in [7, 11) is 0. The number of hydrogen-bond acceptors (Lipinski definition) is 1. The summed E-state index contributed by atoms with van der Waals surface area (Å²) in [6, 6.07) is 5.72. The molecule has 1 aromatic carbocycles. The Morgan fingerprint density at radius 2 is 1.93 bits per heavy atom. The van der Waals surface area contributed by atoms with Gasteiger partial charge in [0, 0.05) is 5.56 Å². The van der Waals surface area contributed by atoms with Gasteiger partial charge in [-0.2, -0.15) is 0 Å². The summed E-state index contributed by atoms with van der Waals surface area (Å²) in [6.07, 6.45) is 2.66. The van der Waals surface area contributed by atoms with Gasteiger partial charge in [0.25, 0.3) is 0 Å². The lowest BCUT2D eigenvalue weighted by Crippen LogP contribution is -2.13. The molecule has 0 aliphatic heterocycles. The molecule has 1 aromatic rings. The third-order valence-corrected chi connectivity index (χ3v) is 2.24. The van der Waals surface area contributed by atoms with Crippen LogP contribution in [-0.4, -0.2) is 6.29 Å². The predicted molar refractivity (Wildman–Crippen MR) is 60.6 cm³/mol. The van der Waals surface area contributed by atoms with Crippen LogP contribution in [0.2, 0.25) is 0 Å². The number of benzene rings is 1. The molecule has 0 aliphatic rings. The Morgan fingerprint density at radius 3 is 2.36 bits per heavy atom. The molecule has 1 rings (SSSR count). The van der Waals surface area contributed by atoms with Crippen molar-refractivity contribution in [2.24, 2.45) is 0 Å². The molecule has 0 N–H and O–H groups in total. The quantitative estimate of drug-likeness (QED) is 0.650. The Bertz CT molecular complexity index is 356. The van der Waals surface area contributed by atoms with E-state index in [1.165, 1.54) is 5.56 Å². The van der Waals surface area contributed by atoms with Crippen LogP contribution in [0.5, 0.6) is 0 Å². The van der Waals surface area contributed by atoms with Gasteiger partial charge in [0.05, 0.1) is 0 Å². The van der Waals surface area contributed by atoms with Gasteiger partial charge < -0.3 is 0 Å². The maximum Gasteiger partial charge on any atom is 0.150 e. The Balaban J connectivity index is 3.32. The van der Waals surface area contributed by atoms with Crippen molar-refractivity contribution in [1.82, 2.24) is 0 Å². The smallest absolute Gasteiger partial charge is 0.150 e. The second-order valence-corrected chi connectivity index (χ2v) is 4.42. The molecule has 0 atom stereocenters. The van der Waals surface area contributed by atoms with Crippen LogP contribution in [-0.2, 0) is 5.41 Å². The average molecular weight is 188 g/mol. The standard InChI is InChI=1S/C13H16O/c1-5-11-8-10(9-14)6-7-12(11)13(2,3)4/h5-9H,1H2,2-4H3. The number of hydrogen-bond donors (Lipinski definition) is 0. The summed E-state index contributed by atoms with van der Waals surface area (Å²) in [5, 5.41) is 0. The SMILES string of the molecule is C=Cc1cc(C=O)ccc1C(C)(C)C. The molecule has 0 heterocycles. The van der Waals surface area contributed by atoms with Gasteiger partial charge in [-0.05, 0) is 22.6 Å². The fourth-order valence-electron chi connectivity index (χ4n) is 1.51. The van der Waals surface area contributed by atoms with Gasteiger partial charge in [-0.3, -0.25) is 4.79 Å². The third kappa shape index (κ3) is 2.11. The van der Waals surface area contributed by atoms with E-state index in [0.717, 1.165) is 11.8 Å². The molecule has 0 saturated carbocycles. The second kappa shape index (κ2) is 3.79. The Morgan fingerprint density at radius 1 is 1.29 bits per heavy atom. The van der Waals surface area contributed by atoms with Gasteiger partial charge in [-0.15, -0.1) is 0 Å². The molecule has 0 unspecified atom stereocenters. The minimum atomic E-state index is 0.0882. The van der Waals surface area contributed by atoms with Crippen LogP contribution in [0.3, 0.4) is 0 Å². The highest BCUT2D eigenvalue weighted by molar-refractivity contribution is 5.77. The molecule has 0 saturated heterocycles. The summed E-state index contributed by atoms with van der Waals surface area (Å²) >= 11 is 0. The van der Waals surface area contributed by atoms with E-state index in [9.17, 15) is 4.79 Å². The predicted octanol–water partition coefficient (Wildman–Crippen LogP) is 3.44. The molecule has 1 heteroatoms. The maximum atomic E-state index is 10.6. The maximum absolute atomic E-state index is 10.6. The summed E-state index contributed by atoms with van der Waals surface area (Å²) in [4.78, 5) is 10.6. The molecule has 0 amide bonds. The lowest BCUT2D eigenvalue weighted by Gasteiger charge is -2.21. The molecule has 0 radical (unpaired) electrons. The van der Waals surface area contributed by atoms with Crippen molar-refractivity contribution in [1.29, 1.82) is 0 Å². The van der Waals surface area contributed by atoms with Crippen molar-refractivity contribution in [2.45, 2.75) is 26.2 Å². The van der Waals surface area contributed by atoms with Crippen LogP contribution >= 0.6 is 0 Å². The minimum absolute atomic E-state index is 0.0882. The van der Waals surface area contributed by atoms with Crippen LogP contribution in [0.15, 0.2) is 24.8 Å². The Hall–Kier alpha value is -1.37. The largest absolute Gasteiger partial charge is 0.298 e. The van der Waals surface area contributed by atoms with Gasteiger partial charge in [-0.1, -0.05) is 45.6 Å². The highest BCUT2D eigenvalue weighted by atomic mass is 16.1. The zero-order valence-electron chi connectivity index (χ0n) is 9.00. The first-order chi connectivity index (χ1) is 6.49. The zero-order valence-corrected chi connectivity index (χ0v) is 9.00. The first-order valence-electron chi connectivity index (χ1n) is 4.71. The molecule has 0 aliphatic carbocycles. The molecular formula is C13H16O. The lowest BCUT2D eigenvalue weighted by atomic mass is 9.83. The lowest BCUT2D eigenvalue weighted by molar-refractivity contribution is 0.112. The monoisotopic (exact) mass is 188 g/mol. The van der Waals surface area contributed by atoms with Crippen molar-refractivity contribution < 1.29 is 4.79 Å². The molecule has 74 valence electrons. The van der Waals surface area contributed by atoms with Crippen molar-refractivity contribution in [3.05, 3.63) is 41.5 Å². The van der Waals surface area contributed by atoms with E-state index in [1.54, 1.807) is 6.08 Å². The first kappa shape index (κ1) is 10.7. The Kier molecular flexibility index (Phi) is 2.90. The van der Waals surface area contributed by atoms with Crippen LogP contribution in [0, 0.1) is 0 Å². The van der Waals surface area contributed by atoms with Gasteiger partial charge >= 0.3 is 0 Å². The van der Waals surface area contributed by atoms with Gasteiger partial charge in [0.2, 0.25) is 0 Å². The van der Waals surface area contributed by atoms with Crippen LogP contribution in [0.4, 0.5) is 0 Å². The Labute approximate surface area is 85.5 Å². The average Bonchev–Trinajstić information content (AvgIpc) is 2.15. The fraction of sp³-hybridized carbons (Fsp3) is 0.308. The molecule has 0 fully saturated rings. The number of rotatable bonds is 2. The second-order valence-electron chi connectivity index (χ2n) is 4.42. The topological polar surface area (TPSA) is 17.1 Å². The van der Waals surface area contributed by atoms with Gasteiger partial charge in [0.15, 0.2) is 0 Å². The van der Waals surface area contributed by atoms with Gasteiger partial charge in [0.1, 0.15) is 6.29 Å². The molecule has 14 heavy (non-hydrogen) atoms. The fourth-order valence-corrected chi connectivity index (χ4v) is 1.51. The van der Waals surface area contributed by atoms with E-state index >= 15 is 0 Å². The molecular weight excluding hydrogens is 172 g/mol. The van der Waals surface area contributed by atoms with Crippen molar-refractivity contribution in [3.8, 4) is 0 Å². The summed E-state index contributed by atoms with van der Waals surface area (Å²) in [6.45, 7) is 10.2. The molecule has 0 spiro atoms. The highest BCUT2D eigenvalue weighted by Gasteiger charge is 2.16. The summed E-state index contributed by atoms with van der Waals surface area (Å²) in [5.74, 6) is 0. The van der Waals surface area contributed by atoms with Crippen LogP contribution in [0.1, 0.15) is 42.3 Å². The van der Waals surface area contributed by atoms with E-state index in [1.807, 2.05) is 18.2 Å². The van der Waals surface area contributed by atoms with E-state index in [4.69, 9.17) is 0 Å². The van der Waals surface area contributed by atoms with E-state index in [2.05, 4.69) is 27.4 Å². The zero-order chi connectivity index (χ0) is 10.8. The molecule has 0 aromatic heterocycles. The number of carbonyl (C=O) groups is 1. The third-order valence-electron chi connectivity index (χ3n) is 2.24. The number of aldehydes is 1. The van der Waals surface area contributed by atoms with E-state index in [0.29, 0.717) is 5.56 Å². The van der Waals surface area contributed by atoms with Crippen molar-refractivity contribution >= 4 is 12.4 Å². The van der Waals surface area contributed by atoms with Crippen LogP contribution in [0.25, 0.3) is 6.08 Å². The van der Waals surface area contributed by atoms with Crippen molar-refractivity contribution in [3.63, 3.8) is 0 Å². The molecule has 0 bridgehead atoms. The molecule has 1 nitrogen and oxygen atoms in total. The van der Waals surface area contributed by atoms with Crippen LogP contribution < -0.4 is 0 Å². The minimum Gasteiger partial charge on any atom is -0.298 e. The summed E-state index contributed by atoms with van der Waals surface area (Å²) in [5.41, 5.74) is 3.05. The van der Waals surface area contributed by atoms with Gasteiger partial charge in [-0.25, -0.2) is 0 Å². The summed E-state index contributed by atoms with van der Waals surface area (Å²) < 4.78 is 0. The normalized spacial score (nSPS) is 11.1. The first-order valence-corrected chi connectivity index (χ1v) is 4.71.